The minimum atomic E-state index is -0.776. The molecule has 1 spiro atoms. The molecule has 4 rings (SSSR count). The van der Waals surface area contributed by atoms with Crippen LogP contribution in [0.4, 0.5) is 4.79 Å². The molecule has 0 saturated carbocycles. The third-order valence-electron chi connectivity index (χ3n) is 5.77. The first-order valence-electron chi connectivity index (χ1n) is 10.5. The molecule has 0 aromatic heterocycles. The zero-order valence-corrected chi connectivity index (χ0v) is 17.7. The van der Waals surface area contributed by atoms with Crippen molar-refractivity contribution in [2.24, 2.45) is 0 Å². The average Bonchev–Trinajstić information content (AvgIpc) is 2.75. The van der Waals surface area contributed by atoms with Gasteiger partial charge in [-0.3, -0.25) is 9.59 Å². The lowest BCUT2D eigenvalue weighted by Crippen LogP contribution is -2.52. The van der Waals surface area contributed by atoms with Crippen molar-refractivity contribution >= 4 is 17.8 Å². The summed E-state index contributed by atoms with van der Waals surface area (Å²) in [6.07, 6.45) is 0.761. The van der Waals surface area contributed by atoms with Gasteiger partial charge in [0, 0.05) is 31.5 Å². The Hall–Kier alpha value is -3.35. The molecule has 2 heterocycles. The Morgan fingerprint density at radius 2 is 1.81 bits per heavy atom. The first-order chi connectivity index (χ1) is 14.9. The normalized spacial score (nSPS) is 17.0. The van der Waals surface area contributed by atoms with E-state index in [1.165, 1.54) is 0 Å². The van der Waals surface area contributed by atoms with Crippen molar-refractivity contribution in [2.45, 2.75) is 38.7 Å². The molecular weight excluding hydrogens is 398 g/mol. The second-order valence-corrected chi connectivity index (χ2v) is 7.99. The van der Waals surface area contributed by atoms with Crippen LogP contribution in [0.3, 0.4) is 0 Å². The molecule has 2 aliphatic rings. The molecule has 31 heavy (non-hydrogen) atoms. The Morgan fingerprint density at radius 3 is 2.48 bits per heavy atom. The number of benzene rings is 2. The number of hydrogen-bond donors (Lipinski definition) is 0. The number of ketones is 1. The largest absolute Gasteiger partial charge is 0.513 e. The summed E-state index contributed by atoms with van der Waals surface area (Å²) in [5.41, 5.74) is 1.64. The minimum Gasteiger partial charge on any atom is -0.486 e. The van der Waals surface area contributed by atoms with Gasteiger partial charge in [0.15, 0.2) is 5.78 Å². The van der Waals surface area contributed by atoms with E-state index in [9.17, 15) is 14.4 Å². The van der Waals surface area contributed by atoms with E-state index in [1.807, 2.05) is 25.1 Å². The molecule has 2 aromatic carbocycles. The van der Waals surface area contributed by atoms with Gasteiger partial charge in [0.05, 0.1) is 18.6 Å². The van der Waals surface area contributed by atoms with Gasteiger partial charge >= 0.3 is 6.16 Å². The van der Waals surface area contributed by atoms with E-state index in [4.69, 9.17) is 14.2 Å². The summed E-state index contributed by atoms with van der Waals surface area (Å²) in [5, 5.41) is 0. The summed E-state index contributed by atoms with van der Waals surface area (Å²) in [5.74, 6) is 0.951. The topological polar surface area (TPSA) is 82.1 Å². The molecule has 162 valence electrons. The van der Waals surface area contributed by atoms with Gasteiger partial charge in [0.2, 0.25) is 0 Å². The number of nitrogens with zero attached hydrogens (tertiary/aromatic N) is 1. The number of piperidine rings is 1. The molecule has 0 radical (unpaired) electrons. The van der Waals surface area contributed by atoms with Crippen molar-refractivity contribution in [1.29, 1.82) is 0 Å². The highest BCUT2D eigenvalue weighted by molar-refractivity contribution is 6.00. The van der Waals surface area contributed by atoms with Gasteiger partial charge in [-0.2, -0.15) is 0 Å². The molecule has 1 saturated heterocycles. The van der Waals surface area contributed by atoms with Crippen LogP contribution in [0.15, 0.2) is 42.5 Å². The van der Waals surface area contributed by atoms with E-state index < -0.39 is 11.8 Å². The summed E-state index contributed by atoms with van der Waals surface area (Å²) in [6.45, 7) is 4.90. The Kier molecular flexibility index (Phi) is 5.67. The van der Waals surface area contributed by atoms with Crippen molar-refractivity contribution in [3.8, 4) is 11.5 Å². The van der Waals surface area contributed by atoms with Crippen LogP contribution in [0.25, 0.3) is 0 Å². The molecule has 0 bridgehead atoms. The van der Waals surface area contributed by atoms with E-state index in [1.54, 1.807) is 36.1 Å². The first kappa shape index (κ1) is 20.9. The predicted molar refractivity (Wildman–Crippen MR) is 113 cm³/mol. The summed E-state index contributed by atoms with van der Waals surface area (Å²) in [6, 6.07) is 12.1. The lowest BCUT2D eigenvalue weighted by Gasteiger charge is -2.44. The molecule has 2 aliphatic heterocycles. The number of ether oxygens (including phenoxy) is 3. The first-order valence-corrected chi connectivity index (χ1v) is 10.5. The Bertz CT molecular complexity index is 1010. The second-order valence-electron chi connectivity index (χ2n) is 7.99. The Labute approximate surface area is 180 Å². The summed E-state index contributed by atoms with van der Waals surface area (Å²) in [4.78, 5) is 38.7. The summed E-state index contributed by atoms with van der Waals surface area (Å²) in [7, 11) is 0. The van der Waals surface area contributed by atoms with E-state index in [-0.39, 0.29) is 18.3 Å². The standard InChI is InChI=1S/C24H25NO6/c1-3-29-23(28)30-18-7-5-17(6-8-18)22(27)25-12-10-24(11-13-25)15-20(26)19-14-16(2)4-9-21(19)31-24/h4-9,14H,3,10-13,15H2,1-2H3. The number of carbonyl (C=O) groups excluding carboxylic acids is 3. The number of likely N-dealkylation sites (tertiary alicyclic amines) is 1. The van der Waals surface area contributed by atoms with Crippen LogP contribution in [0, 0.1) is 6.92 Å². The van der Waals surface area contributed by atoms with Gasteiger partial charge in [-0.1, -0.05) is 11.6 Å². The van der Waals surface area contributed by atoms with Crippen molar-refractivity contribution in [3.05, 3.63) is 59.2 Å². The van der Waals surface area contributed by atoms with E-state index >= 15 is 0 Å². The zero-order valence-electron chi connectivity index (χ0n) is 17.7. The molecule has 1 fully saturated rings. The van der Waals surface area contributed by atoms with Gasteiger partial charge in [-0.05, 0) is 50.2 Å². The van der Waals surface area contributed by atoms with Crippen molar-refractivity contribution in [1.82, 2.24) is 4.90 Å². The van der Waals surface area contributed by atoms with Crippen molar-refractivity contribution < 1.29 is 28.6 Å². The molecule has 0 aliphatic carbocycles. The molecule has 2 aromatic rings. The lowest BCUT2D eigenvalue weighted by atomic mass is 9.82. The van der Waals surface area contributed by atoms with Crippen LogP contribution < -0.4 is 9.47 Å². The number of hydrogen-bond acceptors (Lipinski definition) is 6. The minimum absolute atomic E-state index is 0.0990. The van der Waals surface area contributed by atoms with Gasteiger partial charge in [-0.25, -0.2) is 4.79 Å². The molecule has 0 N–H and O–H groups in total. The van der Waals surface area contributed by atoms with Crippen LogP contribution in [-0.2, 0) is 4.74 Å². The number of carbonyl (C=O) groups is 3. The van der Waals surface area contributed by atoms with Gasteiger partial charge in [0.25, 0.3) is 5.91 Å². The molecule has 1 amide bonds. The van der Waals surface area contributed by atoms with E-state index in [0.717, 1.165) is 5.56 Å². The number of Topliss-reactive ketones (excluding diaryl/α,β-unsaturated/α-hetero) is 1. The molecule has 7 nitrogen and oxygen atoms in total. The zero-order chi connectivity index (χ0) is 22.0. The lowest BCUT2D eigenvalue weighted by molar-refractivity contribution is -0.00573. The highest BCUT2D eigenvalue weighted by Crippen LogP contribution is 2.39. The summed E-state index contributed by atoms with van der Waals surface area (Å²) < 4.78 is 16.0. The maximum atomic E-state index is 12.9. The monoisotopic (exact) mass is 423 g/mol. The number of rotatable bonds is 3. The van der Waals surface area contributed by atoms with Gasteiger partial charge in [-0.15, -0.1) is 0 Å². The molecular formula is C24H25NO6. The second kappa shape index (κ2) is 8.41. The number of aryl methyl sites for hydroxylation is 1. The number of amides is 1. The highest BCUT2D eigenvalue weighted by Gasteiger charge is 2.43. The molecule has 0 atom stereocenters. The predicted octanol–water partition coefficient (Wildman–Crippen LogP) is 4.17. The van der Waals surface area contributed by atoms with Crippen LogP contribution in [0.1, 0.15) is 52.5 Å². The molecule has 0 unspecified atom stereocenters. The van der Waals surface area contributed by atoms with Gasteiger partial charge in [0.1, 0.15) is 17.1 Å². The SMILES string of the molecule is CCOC(=O)Oc1ccc(C(=O)N2CCC3(CC2)CC(=O)c2cc(C)ccc2O3)cc1. The quantitative estimate of drug-likeness (QED) is 0.544. The van der Waals surface area contributed by atoms with Crippen LogP contribution >= 0.6 is 0 Å². The van der Waals surface area contributed by atoms with Crippen LogP contribution in [0.2, 0.25) is 0 Å². The summed E-state index contributed by atoms with van der Waals surface area (Å²) >= 11 is 0. The van der Waals surface area contributed by atoms with E-state index in [2.05, 4.69) is 0 Å². The Balaban J connectivity index is 1.38. The van der Waals surface area contributed by atoms with Crippen LogP contribution in [0.5, 0.6) is 11.5 Å². The fourth-order valence-corrected chi connectivity index (χ4v) is 4.10. The van der Waals surface area contributed by atoms with Gasteiger partial charge < -0.3 is 19.1 Å². The fraction of sp³-hybridized carbons (Fsp3) is 0.375. The fourth-order valence-electron chi connectivity index (χ4n) is 4.10. The average molecular weight is 423 g/mol. The van der Waals surface area contributed by atoms with Crippen molar-refractivity contribution in [3.63, 3.8) is 0 Å². The third-order valence-corrected chi connectivity index (χ3v) is 5.77. The maximum Gasteiger partial charge on any atom is 0.513 e. The number of fused-ring (bicyclic) bond motifs is 1. The van der Waals surface area contributed by atoms with Crippen molar-refractivity contribution in [2.75, 3.05) is 19.7 Å². The highest BCUT2D eigenvalue weighted by atomic mass is 16.7. The third kappa shape index (κ3) is 4.40. The van der Waals surface area contributed by atoms with Crippen LogP contribution in [-0.4, -0.2) is 48.0 Å². The molecule has 7 heteroatoms. The van der Waals surface area contributed by atoms with E-state index in [0.29, 0.717) is 55.0 Å². The Morgan fingerprint density at radius 1 is 1.10 bits per heavy atom. The maximum absolute atomic E-state index is 12.9. The smallest absolute Gasteiger partial charge is 0.486 e.